The van der Waals surface area contributed by atoms with Crippen molar-refractivity contribution in [3.05, 3.63) is 18.2 Å². The lowest BCUT2D eigenvalue weighted by molar-refractivity contribution is 0.168. The third-order valence-electron chi connectivity index (χ3n) is 2.39. The van der Waals surface area contributed by atoms with Gasteiger partial charge < -0.3 is 14.2 Å². The summed E-state index contributed by atoms with van der Waals surface area (Å²) in [6, 6.07) is 5.31. The smallest absolute Gasteiger partial charge is 0.411 e. The summed E-state index contributed by atoms with van der Waals surface area (Å²) in [7, 11) is 0. The van der Waals surface area contributed by atoms with Crippen LogP contribution < -0.4 is 14.8 Å². The molecule has 0 unspecified atom stereocenters. The maximum Gasteiger partial charge on any atom is 0.411 e. The number of benzene rings is 1. The second kappa shape index (κ2) is 9.07. The molecule has 0 saturated heterocycles. The van der Waals surface area contributed by atoms with Gasteiger partial charge in [-0.3, -0.25) is 5.32 Å². The van der Waals surface area contributed by atoms with E-state index < -0.39 is 6.09 Å². The Bertz CT molecular complexity index is 420. The van der Waals surface area contributed by atoms with Gasteiger partial charge in [0, 0.05) is 11.8 Å². The van der Waals surface area contributed by atoms with Crippen LogP contribution in [0.15, 0.2) is 18.2 Å². The van der Waals surface area contributed by atoms with E-state index in [0.29, 0.717) is 37.0 Å². The summed E-state index contributed by atoms with van der Waals surface area (Å²) in [5.74, 6) is 1.32. The first-order valence-electron chi connectivity index (χ1n) is 7.04. The predicted molar refractivity (Wildman–Crippen MR) is 78.7 cm³/mol. The Morgan fingerprint density at radius 2 is 1.70 bits per heavy atom. The molecule has 112 valence electrons. The van der Waals surface area contributed by atoms with Crippen molar-refractivity contribution in [3.63, 3.8) is 0 Å². The normalized spacial score (nSPS) is 9.95. The largest absolute Gasteiger partial charge is 0.490 e. The second-order valence-electron chi connectivity index (χ2n) is 4.20. The molecule has 0 aliphatic rings. The number of carbonyl (C=O) groups excluding carboxylic acids is 1. The van der Waals surface area contributed by atoms with E-state index >= 15 is 0 Å². The minimum absolute atomic E-state index is 0.336. The number of ether oxygens (including phenoxy) is 3. The lowest BCUT2D eigenvalue weighted by Gasteiger charge is -2.14. The van der Waals surface area contributed by atoms with E-state index in [0.717, 1.165) is 12.8 Å². The van der Waals surface area contributed by atoms with Crippen molar-refractivity contribution in [1.29, 1.82) is 0 Å². The Kier molecular flexibility index (Phi) is 7.32. The summed E-state index contributed by atoms with van der Waals surface area (Å²) in [4.78, 5) is 11.4. The van der Waals surface area contributed by atoms with Gasteiger partial charge in [0.05, 0.1) is 19.8 Å². The van der Waals surface area contributed by atoms with Crippen LogP contribution in [0.4, 0.5) is 10.5 Å². The molecule has 0 bridgehead atoms. The van der Waals surface area contributed by atoms with Gasteiger partial charge in [0.25, 0.3) is 0 Å². The fourth-order valence-corrected chi connectivity index (χ4v) is 1.53. The Hall–Kier alpha value is -1.91. The maximum atomic E-state index is 11.4. The highest BCUT2D eigenvalue weighted by Gasteiger charge is 2.09. The summed E-state index contributed by atoms with van der Waals surface area (Å²) < 4.78 is 16.1. The first-order chi connectivity index (χ1) is 9.71. The van der Waals surface area contributed by atoms with Crippen molar-refractivity contribution in [3.8, 4) is 11.5 Å². The molecular weight excluding hydrogens is 258 g/mol. The molecule has 0 aliphatic heterocycles. The fourth-order valence-electron chi connectivity index (χ4n) is 1.53. The zero-order valence-electron chi connectivity index (χ0n) is 12.4. The second-order valence-corrected chi connectivity index (χ2v) is 4.20. The van der Waals surface area contributed by atoms with Crippen LogP contribution in [-0.4, -0.2) is 25.9 Å². The predicted octanol–water partition coefficient (Wildman–Crippen LogP) is 3.83. The van der Waals surface area contributed by atoms with Crippen LogP contribution in [0.2, 0.25) is 0 Å². The number of amides is 1. The monoisotopic (exact) mass is 281 g/mol. The van der Waals surface area contributed by atoms with Gasteiger partial charge in [0.15, 0.2) is 11.5 Å². The van der Waals surface area contributed by atoms with E-state index in [1.54, 1.807) is 25.1 Å². The van der Waals surface area contributed by atoms with E-state index in [9.17, 15) is 4.79 Å². The fraction of sp³-hybridized carbons (Fsp3) is 0.533. The van der Waals surface area contributed by atoms with Gasteiger partial charge in [0.1, 0.15) is 0 Å². The Balaban J connectivity index is 2.79. The molecular formula is C15H23NO4. The molecule has 1 rings (SSSR count). The average Bonchev–Trinajstić information content (AvgIpc) is 2.44. The zero-order chi connectivity index (χ0) is 14.8. The molecule has 5 heteroatoms. The lowest BCUT2D eigenvalue weighted by Crippen LogP contribution is -2.13. The van der Waals surface area contributed by atoms with Crippen molar-refractivity contribution in [2.45, 2.75) is 33.6 Å². The van der Waals surface area contributed by atoms with Gasteiger partial charge in [-0.1, -0.05) is 13.8 Å². The van der Waals surface area contributed by atoms with Gasteiger partial charge in [-0.05, 0) is 31.9 Å². The number of hydrogen-bond acceptors (Lipinski definition) is 4. The Morgan fingerprint density at radius 3 is 2.30 bits per heavy atom. The highest BCUT2D eigenvalue weighted by atomic mass is 16.5. The summed E-state index contributed by atoms with van der Waals surface area (Å²) in [5, 5.41) is 2.65. The average molecular weight is 281 g/mol. The molecule has 0 saturated carbocycles. The molecule has 0 atom stereocenters. The van der Waals surface area contributed by atoms with Crippen LogP contribution >= 0.6 is 0 Å². The number of anilines is 1. The van der Waals surface area contributed by atoms with Gasteiger partial charge in [-0.2, -0.15) is 0 Å². The Morgan fingerprint density at radius 1 is 1.05 bits per heavy atom. The molecule has 1 N–H and O–H groups in total. The topological polar surface area (TPSA) is 56.8 Å². The molecule has 1 aromatic rings. The van der Waals surface area contributed by atoms with E-state index in [-0.39, 0.29) is 0 Å². The summed E-state index contributed by atoms with van der Waals surface area (Å²) in [5.41, 5.74) is 0.624. The highest BCUT2D eigenvalue weighted by Crippen LogP contribution is 2.31. The van der Waals surface area contributed by atoms with Crippen LogP contribution in [0.5, 0.6) is 11.5 Å². The third-order valence-corrected chi connectivity index (χ3v) is 2.39. The molecule has 0 fully saturated rings. The maximum absolute atomic E-state index is 11.4. The molecule has 0 radical (unpaired) electrons. The van der Waals surface area contributed by atoms with Gasteiger partial charge in [-0.15, -0.1) is 0 Å². The Labute approximate surface area is 120 Å². The van der Waals surface area contributed by atoms with Crippen LogP contribution in [0.25, 0.3) is 0 Å². The molecule has 0 aliphatic carbocycles. The molecule has 1 amide bonds. The summed E-state index contributed by atoms with van der Waals surface area (Å²) in [6.07, 6.45) is 1.36. The molecule has 0 aromatic heterocycles. The van der Waals surface area contributed by atoms with Crippen molar-refractivity contribution < 1.29 is 19.0 Å². The van der Waals surface area contributed by atoms with Crippen LogP contribution in [0.3, 0.4) is 0 Å². The standard InChI is InChI=1S/C15H23NO4/c1-4-9-19-13-8-7-12(16-15(17)18-6-3)11-14(13)20-10-5-2/h7-8,11H,4-6,9-10H2,1-3H3,(H,16,17). The van der Waals surface area contributed by atoms with Crippen molar-refractivity contribution >= 4 is 11.8 Å². The molecule has 1 aromatic carbocycles. The van der Waals surface area contributed by atoms with Crippen molar-refractivity contribution in [2.75, 3.05) is 25.1 Å². The van der Waals surface area contributed by atoms with E-state index in [1.165, 1.54) is 0 Å². The minimum atomic E-state index is -0.476. The van der Waals surface area contributed by atoms with Gasteiger partial charge in [-0.25, -0.2) is 4.79 Å². The number of carbonyl (C=O) groups is 1. The van der Waals surface area contributed by atoms with Gasteiger partial charge in [0.2, 0.25) is 0 Å². The third kappa shape index (κ3) is 5.38. The molecule has 0 heterocycles. The van der Waals surface area contributed by atoms with Crippen LogP contribution in [0.1, 0.15) is 33.6 Å². The van der Waals surface area contributed by atoms with E-state index in [4.69, 9.17) is 14.2 Å². The zero-order valence-corrected chi connectivity index (χ0v) is 12.4. The first kappa shape index (κ1) is 16.1. The molecule has 5 nitrogen and oxygen atoms in total. The van der Waals surface area contributed by atoms with Gasteiger partial charge >= 0.3 is 6.09 Å². The van der Waals surface area contributed by atoms with Crippen LogP contribution in [-0.2, 0) is 4.74 Å². The van der Waals surface area contributed by atoms with Crippen molar-refractivity contribution in [1.82, 2.24) is 0 Å². The number of hydrogen-bond donors (Lipinski definition) is 1. The molecule has 0 spiro atoms. The first-order valence-corrected chi connectivity index (χ1v) is 7.04. The summed E-state index contributed by atoms with van der Waals surface area (Å²) >= 11 is 0. The van der Waals surface area contributed by atoms with E-state index in [2.05, 4.69) is 5.32 Å². The number of nitrogens with one attached hydrogen (secondary N) is 1. The highest BCUT2D eigenvalue weighted by molar-refractivity contribution is 5.85. The quantitative estimate of drug-likeness (QED) is 0.786. The lowest BCUT2D eigenvalue weighted by atomic mass is 10.2. The number of rotatable bonds is 8. The van der Waals surface area contributed by atoms with Crippen LogP contribution in [0, 0.1) is 0 Å². The minimum Gasteiger partial charge on any atom is -0.490 e. The van der Waals surface area contributed by atoms with E-state index in [1.807, 2.05) is 13.8 Å². The summed E-state index contributed by atoms with van der Waals surface area (Å²) in [6.45, 7) is 7.41. The molecule has 20 heavy (non-hydrogen) atoms. The van der Waals surface area contributed by atoms with Crippen molar-refractivity contribution in [2.24, 2.45) is 0 Å². The SMILES string of the molecule is CCCOc1ccc(NC(=O)OCC)cc1OCCC.